The van der Waals surface area contributed by atoms with E-state index in [9.17, 15) is 4.79 Å². The Balaban J connectivity index is 2.18. The van der Waals surface area contributed by atoms with Crippen LogP contribution >= 0.6 is 11.3 Å². The van der Waals surface area contributed by atoms with Crippen molar-refractivity contribution in [1.82, 2.24) is 9.55 Å². The number of aliphatic hydroxyl groups excluding tert-OH is 1. The molecule has 1 N–H and O–H groups in total. The number of benzene rings is 1. The number of aryl methyl sites for hydroxylation is 1. The first-order valence-electron chi connectivity index (χ1n) is 5.34. The molecule has 0 saturated heterocycles. The van der Waals surface area contributed by atoms with Crippen LogP contribution in [-0.4, -0.2) is 14.7 Å². The van der Waals surface area contributed by atoms with Gasteiger partial charge in [-0.15, -0.1) is 11.3 Å². The Kier molecular flexibility index (Phi) is 2.53. The van der Waals surface area contributed by atoms with Crippen LogP contribution in [0.15, 0.2) is 32.8 Å². The van der Waals surface area contributed by atoms with Gasteiger partial charge in [0.15, 0.2) is 5.58 Å². The lowest BCUT2D eigenvalue weighted by Gasteiger charge is -1.97. The second-order valence-corrected chi connectivity index (χ2v) is 4.84. The maximum atomic E-state index is 11.4. The van der Waals surface area contributed by atoms with E-state index in [-0.39, 0.29) is 12.4 Å². The molecular formula is C12H10N2O3S. The molecule has 3 rings (SSSR count). The molecule has 0 aliphatic rings. The third kappa shape index (κ3) is 1.66. The molecule has 1 aromatic carbocycles. The molecule has 0 unspecified atom stereocenters. The summed E-state index contributed by atoms with van der Waals surface area (Å²) in [6.45, 7) is -0.0584. The second kappa shape index (κ2) is 4.08. The zero-order chi connectivity index (χ0) is 12.7. The van der Waals surface area contributed by atoms with E-state index in [0.29, 0.717) is 10.6 Å². The van der Waals surface area contributed by atoms with Crippen LogP contribution < -0.4 is 5.76 Å². The number of hydrogen-bond acceptors (Lipinski definition) is 5. The summed E-state index contributed by atoms with van der Waals surface area (Å²) >= 11 is 1.41. The Hall–Kier alpha value is -1.92. The van der Waals surface area contributed by atoms with Gasteiger partial charge in [-0.2, -0.15) is 0 Å². The Morgan fingerprint density at radius 1 is 1.50 bits per heavy atom. The van der Waals surface area contributed by atoms with Crippen LogP contribution in [0.25, 0.3) is 22.4 Å². The van der Waals surface area contributed by atoms with Crippen molar-refractivity contribution in [3.8, 4) is 11.3 Å². The van der Waals surface area contributed by atoms with Crippen LogP contribution in [-0.2, 0) is 13.7 Å². The summed E-state index contributed by atoms with van der Waals surface area (Å²) in [7, 11) is 1.66. The molecule has 0 aliphatic heterocycles. The Morgan fingerprint density at radius 2 is 2.33 bits per heavy atom. The number of thiazole rings is 1. The summed E-state index contributed by atoms with van der Waals surface area (Å²) in [6, 6.07) is 5.46. The largest absolute Gasteiger partial charge is 0.419 e. The molecule has 2 heterocycles. The van der Waals surface area contributed by atoms with Crippen molar-refractivity contribution in [2.45, 2.75) is 6.61 Å². The number of aliphatic hydroxyl groups is 1. The fraction of sp³-hybridized carbons (Fsp3) is 0.167. The topological polar surface area (TPSA) is 68.3 Å². The van der Waals surface area contributed by atoms with Crippen LogP contribution in [0.3, 0.4) is 0 Å². The van der Waals surface area contributed by atoms with E-state index in [1.807, 2.05) is 17.5 Å². The van der Waals surface area contributed by atoms with E-state index in [0.717, 1.165) is 16.8 Å². The van der Waals surface area contributed by atoms with Crippen LogP contribution in [0.2, 0.25) is 0 Å². The highest BCUT2D eigenvalue weighted by Gasteiger charge is 2.09. The van der Waals surface area contributed by atoms with Gasteiger partial charge in [0.05, 0.1) is 17.8 Å². The average molecular weight is 262 g/mol. The number of rotatable bonds is 2. The van der Waals surface area contributed by atoms with Crippen LogP contribution in [0.4, 0.5) is 0 Å². The maximum Gasteiger partial charge on any atom is 0.419 e. The predicted octanol–water partition coefficient (Wildman–Crippen LogP) is 1.75. The van der Waals surface area contributed by atoms with Gasteiger partial charge in [-0.05, 0) is 18.2 Å². The zero-order valence-electron chi connectivity index (χ0n) is 9.58. The molecule has 5 nitrogen and oxygen atoms in total. The highest BCUT2D eigenvalue weighted by atomic mass is 32.1. The molecule has 6 heteroatoms. The molecule has 3 aromatic rings. The van der Waals surface area contributed by atoms with E-state index < -0.39 is 0 Å². The van der Waals surface area contributed by atoms with Crippen molar-refractivity contribution in [3.05, 3.63) is 39.1 Å². The van der Waals surface area contributed by atoms with Gasteiger partial charge in [0.1, 0.15) is 5.01 Å². The maximum absolute atomic E-state index is 11.4. The first-order chi connectivity index (χ1) is 8.69. The van der Waals surface area contributed by atoms with Crippen molar-refractivity contribution in [2.75, 3.05) is 0 Å². The molecule has 2 aromatic heterocycles. The molecule has 0 bridgehead atoms. The van der Waals surface area contributed by atoms with Crippen LogP contribution in [0.1, 0.15) is 5.01 Å². The second-order valence-electron chi connectivity index (χ2n) is 3.89. The van der Waals surface area contributed by atoms with Crippen LogP contribution in [0.5, 0.6) is 0 Å². The van der Waals surface area contributed by atoms with E-state index in [1.54, 1.807) is 13.1 Å². The van der Waals surface area contributed by atoms with Crippen molar-refractivity contribution < 1.29 is 9.52 Å². The van der Waals surface area contributed by atoms with Gasteiger partial charge in [-0.1, -0.05) is 0 Å². The van der Waals surface area contributed by atoms with Crippen molar-refractivity contribution in [2.24, 2.45) is 7.05 Å². The summed E-state index contributed by atoms with van der Waals surface area (Å²) in [5.74, 6) is -0.378. The number of oxazole rings is 1. The molecule has 0 aliphatic carbocycles. The molecule has 18 heavy (non-hydrogen) atoms. The Bertz CT molecular complexity index is 769. The molecule has 0 amide bonds. The molecule has 0 fully saturated rings. The van der Waals surface area contributed by atoms with Gasteiger partial charge in [-0.25, -0.2) is 9.78 Å². The normalized spacial score (nSPS) is 11.2. The standard InChI is InChI=1S/C12H10N2O3S/c1-14-9-4-7(2-3-10(9)17-12(14)16)8-6-18-11(5-15)13-8/h2-4,6,15H,5H2,1H3. The summed E-state index contributed by atoms with van der Waals surface area (Å²) in [6.07, 6.45) is 0. The third-order valence-electron chi connectivity index (χ3n) is 2.77. The molecular weight excluding hydrogens is 252 g/mol. The lowest BCUT2D eigenvalue weighted by Crippen LogP contribution is -2.08. The fourth-order valence-electron chi connectivity index (χ4n) is 1.80. The summed E-state index contributed by atoms with van der Waals surface area (Å²) in [5, 5.41) is 11.6. The van der Waals surface area contributed by atoms with Crippen molar-refractivity contribution >= 4 is 22.4 Å². The smallest absolute Gasteiger partial charge is 0.408 e. The fourth-order valence-corrected chi connectivity index (χ4v) is 2.46. The van der Waals surface area contributed by atoms with Gasteiger partial charge in [-0.3, -0.25) is 4.57 Å². The molecule has 0 atom stereocenters. The quantitative estimate of drug-likeness (QED) is 0.764. The van der Waals surface area contributed by atoms with Crippen molar-refractivity contribution in [3.63, 3.8) is 0 Å². The minimum absolute atomic E-state index is 0.0584. The number of nitrogens with zero attached hydrogens (tertiary/aromatic N) is 2. The predicted molar refractivity (Wildman–Crippen MR) is 68.5 cm³/mol. The summed E-state index contributed by atoms with van der Waals surface area (Å²) < 4.78 is 6.52. The Labute approximate surface area is 106 Å². The summed E-state index contributed by atoms with van der Waals surface area (Å²) in [5.41, 5.74) is 2.98. The van der Waals surface area contributed by atoms with Gasteiger partial charge in [0.25, 0.3) is 0 Å². The zero-order valence-corrected chi connectivity index (χ0v) is 10.4. The average Bonchev–Trinajstić information content (AvgIpc) is 2.96. The monoisotopic (exact) mass is 262 g/mol. The lowest BCUT2D eigenvalue weighted by atomic mass is 10.1. The van der Waals surface area contributed by atoms with Gasteiger partial charge < -0.3 is 9.52 Å². The van der Waals surface area contributed by atoms with E-state index >= 15 is 0 Å². The number of hydrogen-bond donors (Lipinski definition) is 1. The lowest BCUT2D eigenvalue weighted by molar-refractivity contribution is 0.281. The summed E-state index contributed by atoms with van der Waals surface area (Å²) in [4.78, 5) is 15.7. The number of aromatic nitrogens is 2. The Morgan fingerprint density at radius 3 is 3.06 bits per heavy atom. The van der Waals surface area contributed by atoms with Crippen LogP contribution in [0, 0.1) is 0 Å². The molecule has 0 spiro atoms. The van der Waals surface area contributed by atoms with Crippen molar-refractivity contribution in [1.29, 1.82) is 0 Å². The molecule has 0 saturated carbocycles. The first kappa shape index (κ1) is 11.2. The van der Waals surface area contributed by atoms with E-state index in [1.165, 1.54) is 15.9 Å². The SMILES string of the molecule is Cn1c(=O)oc2ccc(-c3csc(CO)n3)cc21. The highest BCUT2D eigenvalue weighted by Crippen LogP contribution is 2.25. The third-order valence-corrected chi connectivity index (χ3v) is 3.61. The van der Waals surface area contributed by atoms with E-state index in [2.05, 4.69) is 4.98 Å². The van der Waals surface area contributed by atoms with Gasteiger partial charge in [0.2, 0.25) is 0 Å². The molecule has 92 valence electrons. The number of fused-ring (bicyclic) bond motifs is 1. The van der Waals surface area contributed by atoms with Gasteiger partial charge in [0, 0.05) is 18.0 Å². The first-order valence-corrected chi connectivity index (χ1v) is 6.22. The minimum atomic E-state index is -0.378. The van der Waals surface area contributed by atoms with Gasteiger partial charge >= 0.3 is 5.76 Å². The van der Waals surface area contributed by atoms with E-state index in [4.69, 9.17) is 9.52 Å². The molecule has 0 radical (unpaired) electrons. The highest BCUT2D eigenvalue weighted by molar-refractivity contribution is 7.09. The minimum Gasteiger partial charge on any atom is -0.408 e.